The number of pyridine rings is 1. The minimum absolute atomic E-state index is 0.0408. The molecule has 0 fully saturated rings. The van der Waals surface area contributed by atoms with E-state index in [4.69, 9.17) is 11.6 Å². The highest BCUT2D eigenvalue weighted by molar-refractivity contribution is 7.92. The first-order valence-corrected chi connectivity index (χ1v) is 6.65. The van der Waals surface area contributed by atoms with E-state index in [2.05, 4.69) is 14.4 Å². The molecule has 0 aliphatic rings. The molecule has 1 rings (SSSR count). The van der Waals surface area contributed by atoms with E-state index in [-0.39, 0.29) is 23.0 Å². The summed E-state index contributed by atoms with van der Waals surface area (Å²) in [6, 6.07) is 3.08. The molecule has 0 amide bonds. The van der Waals surface area contributed by atoms with Gasteiger partial charge in [-0.25, -0.2) is 13.4 Å². The molecule has 0 aliphatic heterocycles. The number of sulfonamides is 1. The number of ether oxygens (including phenoxy) is 1. The van der Waals surface area contributed by atoms with Crippen LogP contribution in [0.5, 0.6) is 0 Å². The van der Waals surface area contributed by atoms with Crippen LogP contribution >= 0.6 is 11.6 Å². The first-order valence-electron chi connectivity index (χ1n) is 4.62. The Morgan fingerprint density at radius 3 is 2.88 bits per heavy atom. The van der Waals surface area contributed by atoms with Gasteiger partial charge in [-0.15, -0.1) is 0 Å². The van der Waals surface area contributed by atoms with Gasteiger partial charge in [0, 0.05) is 6.20 Å². The van der Waals surface area contributed by atoms with E-state index in [1.165, 1.54) is 19.4 Å². The van der Waals surface area contributed by atoms with Crippen LogP contribution in [-0.2, 0) is 19.6 Å². The molecule has 8 heteroatoms. The van der Waals surface area contributed by atoms with E-state index in [9.17, 15) is 13.2 Å². The summed E-state index contributed by atoms with van der Waals surface area (Å²) in [7, 11) is -2.47. The fourth-order valence-electron chi connectivity index (χ4n) is 0.979. The minimum Gasteiger partial charge on any atom is -0.469 e. The van der Waals surface area contributed by atoms with Crippen molar-refractivity contribution in [3.63, 3.8) is 0 Å². The molecule has 6 nitrogen and oxygen atoms in total. The number of esters is 1. The molecule has 0 saturated heterocycles. The van der Waals surface area contributed by atoms with Gasteiger partial charge in [0.05, 0.1) is 24.3 Å². The fourth-order valence-corrected chi connectivity index (χ4v) is 2.20. The van der Waals surface area contributed by atoms with E-state index in [0.717, 1.165) is 0 Å². The van der Waals surface area contributed by atoms with E-state index in [1.54, 1.807) is 6.07 Å². The monoisotopic (exact) mass is 278 g/mol. The van der Waals surface area contributed by atoms with Gasteiger partial charge in [0.25, 0.3) is 0 Å². The average molecular weight is 279 g/mol. The van der Waals surface area contributed by atoms with E-state index in [1.807, 2.05) is 0 Å². The van der Waals surface area contributed by atoms with Crippen molar-refractivity contribution in [1.29, 1.82) is 0 Å². The third kappa shape index (κ3) is 4.58. The number of nitrogens with one attached hydrogen (secondary N) is 1. The zero-order valence-electron chi connectivity index (χ0n) is 9.01. The molecule has 1 N–H and O–H groups in total. The lowest BCUT2D eigenvalue weighted by Gasteiger charge is -2.07. The Hall–Kier alpha value is -1.34. The number of halogens is 1. The fraction of sp³-hybridized carbons (Fsp3) is 0.333. The van der Waals surface area contributed by atoms with Gasteiger partial charge in [0.15, 0.2) is 5.82 Å². The van der Waals surface area contributed by atoms with Crippen molar-refractivity contribution in [1.82, 2.24) is 4.98 Å². The maximum atomic E-state index is 11.6. The second kappa shape index (κ2) is 5.83. The second-order valence-electron chi connectivity index (χ2n) is 3.08. The molecular formula is C9H11ClN2O4S. The zero-order chi connectivity index (χ0) is 12.9. The highest BCUT2D eigenvalue weighted by Crippen LogP contribution is 2.18. The summed E-state index contributed by atoms with van der Waals surface area (Å²) in [6.07, 6.45) is 1.18. The van der Waals surface area contributed by atoms with Crippen LogP contribution in [0.25, 0.3) is 0 Å². The lowest BCUT2D eigenvalue weighted by molar-refractivity contribution is -0.140. The second-order valence-corrected chi connectivity index (χ2v) is 5.33. The van der Waals surface area contributed by atoms with Gasteiger partial charge in [0.2, 0.25) is 10.0 Å². The van der Waals surface area contributed by atoms with Crippen molar-refractivity contribution >= 4 is 33.4 Å². The Bertz CT molecular complexity index is 503. The van der Waals surface area contributed by atoms with Crippen LogP contribution in [0.4, 0.5) is 5.82 Å². The van der Waals surface area contributed by atoms with Crippen molar-refractivity contribution in [3.05, 3.63) is 23.4 Å². The van der Waals surface area contributed by atoms with Crippen LogP contribution in [0, 0.1) is 0 Å². The predicted octanol–water partition coefficient (Wildman–Crippen LogP) is 1.04. The van der Waals surface area contributed by atoms with Gasteiger partial charge < -0.3 is 4.74 Å². The van der Waals surface area contributed by atoms with E-state index >= 15 is 0 Å². The molecule has 0 saturated carbocycles. The van der Waals surface area contributed by atoms with Crippen molar-refractivity contribution in [3.8, 4) is 0 Å². The first kappa shape index (κ1) is 13.7. The number of hydrogen-bond donors (Lipinski definition) is 1. The number of nitrogens with zero attached hydrogens (tertiary/aromatic N) is 1. The lowest BCUT2D eigenvalue weighted by atomic mass is 10.5. The third-order valence-electron chi connectivity index (χ3n) is 1.81. The smallest absolute Gasteiger partial charge is 0.306 e. The molecule has 0 aliphatic carbocycles. The summed E-state index contributed by atoms with van der Waals surface area (Å²) in [6.45, 7) is 0. The van der Waals surface area contributed by atoms with Crippen LogP contribution in [0.2, 0.25) is 5.02 Å². The SMILES string of the molecule is COC(=O)CCS(=O)(=O)Nc1ncccc1Cl. The number of aromatic nitrogens is 1. The van der Waals surface area contributed by atoms with Crippen molar-refractivity contribution < 1.29 is 17.9 Å². The average Bonchev–Trinajstić information content (AvgIpc) is 2.29. The van der Waals surface area contributed by atoms with Crippen LogP contribution in [-0.4, -0.2) is 32.2 Å². The normalized spacial score (nSPS) is 10.9. The van der Waals surface area contributed by atoms with Crippen molar-refractivity contribution in [2.75, 3.05) is 17.6 Å². The Balaban J connectivity index is 2.67. The minimum atomic E-state index is -3.66. The molecule has 0 bridgehead atoms. The molecule has 1 aromatic heterocycles. The molecule has 1 heterocycles. The van der Waals surface area contributed by atoms with Crippen molar-refractivity contribution in [2.24, 2.45) is 0 Å². The molecule has 94 valence electrons. The van der Waals surface area contributed by atoms with Gasteiger partial charge in [0.1, 0.15) is 0 Å². The quantitative estimate of drug-likeness (QED) is 0.814. The topological polar surface area (TPSA) is 85.4 Å². The number of anilines is 1. The summed E-state index contributed by atoms with van der Waals surface area (Å²) in [5, 5.41) is 0.189. The molecule has 0 spiro atoms. The molecule has 1 aromatic rings. The Morgan fingerprint density at radius 1 is 1.59 bits per heavy atom. The highest BCUT2D eigenvalue weighted by Gasteiger charge is 2.15. The molecule has 0 unspecified atom stereocenters. The summed E-state index contributed by atoms with van der Waals surface area (Å²) in [5.74, 6) is -0.937. The van der Waals surface area contributed by atoms with Gasteiger partial charge >= 0.3 is 5.97 Å². The number of methoxy groups -OCH3 is 1. The molecule has 17 heavy (non-hydrogen) atoms. The number of rotatable bonds is 5. The van der Waals surface area contributed by atoms with Gasteiger partial charge in [-0.2, -0.15) is 0 Å². The number of hydrogen-bond acceptors (Lipinski definition) is 5. The predicted molar refractivity (Wildman–Crippen MR) is 63.3 cm³/mol. The third-order valence-corrected chi connectivity index (χ3v) is 3.36. The Kier molecular flexibility index (Phi) is 4.71. The zero-order valence-corrected chi connectivity index (χ0v) is 10.6. The van der Waals surface area contributed by atoms with E-state index in [0.29, 0.717) is 0 Å². The first-order chi connectivity index (χ1) is 7.94. The van der Waals surface area contributed by atoms with Crippen LogP contribution < -0.4 is 4.72 Å². The van der Waals surface area contributed by atoms with E-state index < -0.39 is 16.0 Å². The lowest BCUT2D eigenvalue weighted by Crippen LogP contribution is -2.20. The molecule has 0 aromatic carbocycles. The number of carbonyl (C=O) groups excluding carboxylic acids is 1. The highest BCUT2D eigenvalue weighted by atomic mass is 35.5. The largest absolute Gasteiger partial charge is 0.469 e. The number of carbonyl (C=O) groups is 1. The Labute approximate surface area is 104 Å². The van der Waals surface area contributed by atoms with Crippen LogP contribution in [0.15, 0.2) is 18.3 Å². The molecule has 0 radical (unpaired) electrons. The van der Waals surface area contributed by atoms with Crippen molar-refractivity contribution in [2.45, 2.75) is 6.42 Å². The van der Waals surface area contributed by atoms with Crippen LogP contribution in [0.1, 0.15) is 6.42 Å². The maximum absolute atomic E-state index is 11.6. The maximum Gasteiger partial charge on any atom is 0.306 e. The van der Waals surface area contributed by atoms with Gasteiger partial charge in [-0.1, -0.05) is 11.6 Å². The Morgan fingerprint density at radius 2 is 2.29 bits per heavy atom. The summed E-state index contributed by atoms with van der Waals surface area (Å²) >= 11 is 5.74. The standard InChI is InChI=1S/C9H11ClN2O4S/c1-16-8(13)4-6-17(14,15)12-9-7(10)3-2-5-11-9/h2-3,5H,4,6H2,1H3,(H,11,12). The summed E-state index contributed by atoms with van der Waals surface area (Å²) in [5.41, 5.74) is 0. The summed E-state index contributed by atoms with van der Waals surface area (Å²) in [4.78, 5) is 14.6. The summed E-state index contributed by atoms with van der Waals surface area (Å²) < 4.78 is 29.6. The van der Waals surface area contributed by atoms with Gasteiger partial charge in [-0.05, 0) is 12.1 Å². The molecular weight excluding hydrogens is 268 g/mol. The van der Waals surface area contributed by atoms with Crippen LogP contribution in [0.3, 0.4) is 0 Å². The van der Waals surface area contributed by atoms with Gasteiger partial charge in [-0.3, -0.25) is 9.52 Å². The molecule has 0 atom stereocenters.